The van der Waals surface area contributed by atoms with Crippen molar-refractivity contribution in [3.8, 4) is 5.75 Å². The number of aliphatic hydroxyl groups excluding tert-OH is 1. The lowest BCUT2D eigenvalue weighted by Crippen LogP contribution is -2.50. The van der Waals surface area contributed by atoms with Crippen molar-refractivity contribution >= 4 is 5.78 Å². The predicted molar refractivity (Wildman–Crippen MR) is 97.1 cm³/mol. The Bertz CT molecular complexity index is 875. The number of rotatable bonds is 2. The molecule has 2 aliphatic carbocycles. The smallest absolute Gasteiger partial charge is 0.165 e. The Kier molecular flexibility index (Phi) is 4.02. The summed E-state index contributed by atoms with van der Waals surface area (Å²) in [4.78, 5) is 21.6. The Labute approximate surface area is 152 Å². The summed E-state index contributed by atoms with van der Waals surface area (Å²) in [6.07, 6.45) is 6.67. The second kappa shape index (κ2) is 6.24. The van der Waals surface area contributed by atoms with Gasteiger partial charge in [0.05, 0.1) is 19.1 Å². The molecule has 0 saturated heterocycles. The number of ketones is 1. The summed E-state index contributed by atoms with van der Waals surface area (Å²) in [6.45, 7) is 1.97. The zero-order valence-corrected chi connectivity index (χ0v) is 15.0. The Hall–Kier alpha value is -2.69. The molecular weight excluding hydrogens is 328 g/mol. The molecular formula is C21H22N2O3. The van der Waals surface area contributed by atoms with Gasteiger partial charge < -0.3 is 9.84 Å². The number of methoxy groups -OCH3 is 1. The quantitative estimate of drug-likeness (QED) is 0.664. The van der Waals surface area contributed by atoms with E-state index in [1.165, 1.54) is 0 Å². The molecule has 2 aromatic rings. The van der Waals surface area contributed by atoms with Gasteiger partial charge in [0.15, 0.2) is 5.78 Å². The van der Waals surface area contributed by atoms with Crippen molar-refractivity contribution in [2.24, 2.45) is 11.8 Å². The molecule has 1 aromatic heterocycles. The van der Waals surface area contributed by atoms with Crippen molar-refractivity contribution < 1.29 is 14.6 Å². The van der Waals surface area contributed by atoms with Crippen molar-refractivity contribution in [3.63, 3.8) is 0 Å². The van der Waals surface area contributed by atoms with Crippen LogP contribution in [0.15, 0.2) is 48.6 Å². The maximum atomic E-state index is 12.7. The maximum absolute atomic E-state index is 12.7. The second-order valence-corrected chi connectivity index (χ2v) is 7.23. The topological polar surface area (TPSA) is 72.3 Å². The first-order chi connectivity index (χ1) is 12.6. The first-order valence-corrected chi connectivity index (χ1v) is 8.93. The number of carbonyl (C=O) groups excluding carboxylic acids is 1. The van der Waals surface area contributed by atoms with Crippen LogP contribution in [-0.4, -0.2) is 28.0 Å². The Morgan fingerprint density at radius 2 is 2.08 bits per heavy atom. The highest BCUT2D eigenvalue weighted by molar-refractivity contribution is 5.98. The fraction of sp³-hybridized carbons (Fsp3) is 0.381. The van der Waals surface area contributed by atoms with Crippen molar-refractivity contribution in [1.82, 2.24) is 9.97 Å². The molecule has 0 aliphatic heterocycles. The summed E-state index contributed by atoms with van der Waals surface area (Å²) in [5.41, 5.74) is 3.23. The fourth-order valence-electron chi connectivity index (χ4n) is 4.88. The Morgan fingerprint density at radius 1 is 1.31 bits per heavy atom. The fourth-order valence-corrected chi connectivity index (χ4v) is 4.88. The van der Waals surface area contributed by atoms with Crippen LogP contribution in [0.1, 0.15) is 36.6 Å². The third-order valence-electron chi connectivity index (χ3n) is 6.13. The van der Waals surface area contributed by atoms with Gasteiger partial charge in [-0.25, -0.2) is 9.97 Å². The van der Waals surface area contributed by atoms with Gasteiger partial charge in [0, 0.05) is 23.1 Å². The average molecular weight is 350 g/mol. The highest BCUT2D eigenvalue weighted by atomic mass is 16.5. The van der Waals surface area contributed by atoms with Gasteiger partial charge in [0.2, 0.25) is 0 Å². The lowest BCUT2D eigenvalue weighted by molar-refractivity contribution is -0.123. The van der Waals surface area contributed by atoms with E-state index in [0.29, 0.717) is 12.0 Å². The summed E-state index contributed by atoms with van der Waals surface area (Å²) >= 11 is 0. The van der Waals surface area contributed by atoms with E-state index < -0.39 is 5.41 Å². The highest BCUT2D eigenvalue weighted by Gasteiger charge is 2.54. The van der Waals surface area contributed by atoms with Crippen molar-refractivity contribution in [3.05, 3.63) is 65.4 Å². The average Bonchev–Trinajstić information content (AvgIpc) is 2.70. The number of aryl methyl sites for hydroxylation is 1. The normalized spacial score (nSPS) is 29.2. The van der Waals surface area contributed by atoms with Crippen LogP contribution in [0.2, 0.25) is 0 Å². The van der Waals surface area contributed by atoms with Crippen LogP contribution >= 0.6 is 0 Å². The third kappa shape index (κ3) is 2.26. The molecule has 26 heavy (non-hydrogen) atoms. The Morgan fingerprint density at radius 3 is 2.77 bits per heavy atom. The number of aromatic nitrogens is 2. The van der Waals surface area contributed by atoms with E-state index in [1.807, 2.05) is 25.3 Å². The number of aliphatic hydroxyl groups is 1. The molecule has 1 fully saturated rings. The molecule has 1 aromatic carbocycles. The number of nitrogens with zero attached hydrogens (tertiary/aromatic N) is 2. The largest absolute Gasteiger partial charge is 0.515 e. The minimum atomic E-state index is -0.440. The molecule has 1 heterocycles. The van der Waals surface area contributed by atoms with Gasteiger partial charge in [-0.15, -0.1) is 0 Å². The van der Waals surface area contributed by atoms with Crippen LogP contribution in [0.25, 0.3) is 0 Å². The van der Waals surface area contributed by atoms with E-state index >= 15 is 0 Å². The summed E-state index contributed by atoms with van der Waals surface area (Å²) in [5.74, 6) is 0.791. The number of ether oxygens (including phenoxy) is 1. The van der Waals surface area contributed by atoms with E-state index in [2.05, 4.69) is 22.1 Å². The summed E-state index contributed by atoms with van der Waals surface area (Å²) < 4.78 is 5.31. The zero-order valence-electron chi connectivity index (χ0n) is 15.0. The number of hydrogen-bond donors (Lipinski definition) is 1. The molecule has 5 nitrogen and oxygen atoms in total. The molecule has 1 saturated carbocycles. The SMILES string of the molecule is COc1ccc([C@]23CC(=CO)C(=O)[C@@H](C)[C@@H]2CCc2cncnc23)cc1. The number of fused-ring (bicyclic) bond motifs is 3. The van der Waals surface area contributed by atoms with Crippen molar-refractivity contribution in [2.75, 3.05) is 7.11 Å². The Balaban J connectivity index is 1.98. The molecule has 0 amide bonds. The second-order valence-electron chi connectivity index (χ2n) is 7.23. The van der Waals surface area contributed by atoms with Gasteiger partial charge in [0.1, 0.15) is 12.1 Å². The highest BCUT2D eigenvalue weighted by Crippen LogP contribution is 2.55. The molecule has 3 atom stereocenters. The molecule has 134 valence electrons. The lowest BCUT2D eigenvalue weighted by Gasteiger charge is -2.50. The van der Waals surface area contributed by atoms with Crippen molar-refractivity contribution in [2.45, 2.75) is 31.6 Å². The van der Waals surface area contributed by atoms with Crippen LogP contribution in [0, 0.1) is 11.8 Å². The van der Waals surface area contributed by atoms with Gasteiger partial charge in [0.25, 0.3) is 0 Å². The maximum Gasteiger partial charge on any atom is 0.165 e. The first-order valence-electron chi connectivity index (χ1n) is 8.93. The van der Waals surface area contributed by atoms with Crippen LogP contribution in [0.4, 0.5) is 0 Å². The minimum Gasteiger partial charge on any atom is -0.515 e. The molecule has 4 rings (SSSR count). The monoisotopic (exact) mass is 350 g/mol. The van der Waals surface area contributed by atoms with E-state index in [1.54, 1.807) is 13.4 Å². The molecule has 0 bridgehead atoms. The molecule has 0 spiro atoms. The van der Waals surface area contributed by atoms with E-state index in [0.717, 1.165) is 41.7 Å². The van der Waals surface area contributed by atoms with E-state index in [-0.39, 0.29) is 17.6 Å². The van der Waals surface area contributed by atoms with Crippen LogP contribution in [-0.2, 0) is 16.6 Å². The third-order valence-corrected chi connectivity index (χ3v) is 6.13. The summed E-state index contributed by atoms with van der Waals surface area (Å²) in [6, 6.07) is 8.00. The lowest BCUT2D eigenvalue weighted by atomic mass is 9.52. The number of benzene rings is 1. The van der Waals surface area contributed by atoms with Gasteiger partial charge in [-0.1, -0.05) is 19.1 Å². The van der Waals surface area contributed by atoms with Gasteiger partial charge in [-0.3, -0.25) is 4.79 Å². The minimum absolute atomic E-state index is 0.0409. The molecule has 0 radical (unpaired) electrons. The standard InChI is InChI=1S/C21H22N2O3/c1-13-18-8-3-14-10-22-12-23-20(14)21(18,9-15(11-24)19(13)25)16-4-6-17(26-2)7-5-16/h4-7,10-13,18,24H,3,8-9H2,1-2H3/t13-,18-,21+/m0/s1. The number of allylic oxidation sites excluding steroid dienone is 1. The van der Waals surface area contributed by atoms with Crippen LogP contribution in [0.5, 0.6) is 5.75 Å². The molecule has 5 heteroatoms. The van der Waals surface area contributed by atoms with E-state index in [9.17, 15) is 9.90 Å². The number of hydrogen-bond acceptors (Lipinski definition) is 5. The van der Waals surface area contributed by atoms with Gasteiger partial charge in [-0.05, 0) is 48.4 Å². The van der Waals surface area contributed by atoms with Crippen LogP contribution in [0.3, 0.4) is 0 Å². The molecule has 0 unspecified atom stereocenters. The molecule has 1 N–H and O–H groups in total. The van der Waals surface area contributed by atoms with Crippen LogP contribution < -0.4 is 4.74 Å². The summed E-state index contributed by atoms with van der Waals surface area (Å²) in [7, 11) is 1.65. The number of carbonyl (C=O) groups is 1. The van der Waals surface area contributed by atoms with Gasteiger partial charge in [-0.2, -0.15) is 0 Å². The molecule has 2 aliphatic rings. The van der Waals surface area contributed by atoms with Crippen molar-refractivity contribution in [1.29, 1.82) is 0 Å². The van der Waals surface area contributed by atoms with Gasteiger partial charge >= 0.3 is 0 Å². The summed E-state index contributed by atoms with van der Waals surface area (Å²) in [5, 5.41) is 9.73. The first kappa shape index (κ1) is 16.8. The van der Waals surface area contributed by atoms with E-state index in [4.69, 9.17) is 4.74 Å². The number of Topliss-reactive ketones (excluding diaryl/α,β-unsaturated/α-hetero) is 1. The zero-order chi connectivity index (χ0) is 18.3. The predicted octanol–water partition coefficient (Wildman–Crippen LogP) is 3.38.